The number of aliphatic hydroxyl groups is 2. The van der Waals surface area contributed by atoms with Crippen LogP contribution in [0, 0.1) is 0 Å². The number of hydrogen-bond acceptors (Lipinski definition) is 3. The Morgan fingerprint density at radius 3 is 2.53 bits per heavy atom. The number of hydrogen-bond donors (Lipinski definition) is 2. The molecule has 15 heavy (non-hydrogen) atoms. The molecule has 0 aromatic heterocycles. The third kappa shape index (κ3) is 2.92. The lowest BCUT2D eigenvalue weighted by molar-refractivity contribution is 0.0327. The summed E-state index contributed by atoms with van der Waals surface area (Å²) in [7, 11) is 0. The van der Waals surface area contributed by atoms with E-state index in [4.69, 9.17) is 23.2 Å². The number of benzene rings is 1. The van der Waals surface area contributed by atoms with Crippen molar-refractivity contribution in [3.05, 3.63) is 34.3 Å². The van der Waals surface area contributed by atoms with Gasteiger partial charge in [-0.2, -0.15) is 0 Å². The Morgan fingerprint density at radius 1 is 1.40 bits per heavy atom. The first-order valence-electron chi connectivity index (χ1n) is 4.27. The van der Waals surface area contributed by atoms with Crippen LogP contribution in [0.2, 0.25) is 5.02 Å². The summed E-state index contributed by atoms with van der Waals surface area (Å²) >= 11 is 11.2. The number of halogens is 2. The average molecular weight is 249 g/mol. The monoisotopic (exact) mass is 248 g/mol. The molecule has 1 rings (SSSR count). The minimum Gasteiger partial charge on any atom is -0.389 e. The van der Waals surface area contributed by atoms with Crippen molar-refractivity contribution in [3.8, 4) is 0 Å². The summed E-state index contributed by atoms with van der Waals surface area (Å²) in [6, 6.07) is 4.44. The molecular weight excluding hydrogens is 239 g/mol. The summed E-state index contributed by atoms with van der Waals surface area (Å²) in [5, 5.41) is 19.1. The zero-order chi connectivity index (χ0) is 11.4. The lowest BCUT2D eigenvalue weighted by Crippen LogP contribution is -2.19. The highest BCUT2D eigenvalue weighted by Crippen LogP contribution is 2.23. The molecule has 1 aromatic rings. The van der Waals surface area contributed by atoms with Crippen molar-refractivity contribution in [2.75, 3.05) is 5.88 Å². The minimum atomic E-state index is -1.10. The number of aliphatic hydroxyl groups excluding tert-OH is 2. The van der Waals surface area contributed by atoms with Gasteiger partial charge in [-0.15, -0.1) is 11.6 Å². The van der Waals surface area contributed by atoms with Gasteiger partial charge in [-0.05, 0) is 17.7 Å². The molecule has 0 spiro atoms. The Labute approximate surface area is 97.2 Å². The van der Waals surface area contributed by atoms with E-state index in [2.05, 4.69) is 0 Å². The van der Waals surface area contributed by atoms with E-state index in [1.54, 1.807) is 0 Å². The van der Waals surface area contributed by atoms with E-state index < -0.39 is 12.2 Å². The van der Waals surface area contributed by atoms with Crippen LogP contribution in [0.4, 0.5) is 0 Å². The number of carbonyl (C=O) groups is 1. The molecule has 0 aliphatic rings. The van der Waals surface area contributed by atoms with E-state index in [0.29, 0.717) is 17.4 Å². The van der Waals surface area contributed by atoms with Crippen LogP contribution in [-0.4, -0.2) is 28.5 Å². The highest BCUT2D eigenvalue weighted by atomic mass is 35.5. The quantitative estimate of drug-likeness (QED) is 0.631. The lowest BCUT2D eigenvalue weighted by atomic mass is 10.0. The van der Waals surface area contributed by atoms with Crippen LogP contribution >= 0.6 is 23.2 Å². The van der Waals surface area contributed by atoms with Gasteiger partial charge in [0.25, 0.3) is 0 Å². The van der Waals surface area contributed by atoms with Crippen LogP contribution in [0.5, 0.6) is 0 Å². The second-order valence-corrected chi connectivity index (χ2v) is 3.78. The molecule has 0 fully saturated rings. The Hall–Kier alpha value is -0.610. The Morgan fingerprint density at radius 2 is 2.07 bits per heavy atom. The second kappa shape index (κ2) is 5.47. The highest BCUT2D eigenvalue weighted by molar-refractivity contribution is 6.33. The van der Waals surface area contributed by atoms with Crippen LogP contribution in [0.25, 0.3) is 0 Å². The molecule has 0 aliphatic carbocycles. The Kier molecular flexibility index (Phi) is 4.54. The van der Waals surface area contributed by atoms with E-state index in [1.165, 1.54) is 18.2 Å². The van der Waals surface area contributed by atoms with Crippen LogP contribution < -0.4 is 0 Å². The van der Waals surface area contributed by atoms with Gasteiger partial charge in [0.2, 0.25) is 0 Å². The van der Waals surface area contributed by atoms with Crippen molar-refractivity contribution in [3.63, 3.8) is 0 Å². The standard InChI is InChI=1S/C10H10Cl2O3/c11-4-9(14)10(15)6-1-2-7(5-13)8(12)3-6/h1-3,5,9-10,14-15H,4H2. The van der Waals surface area contributed by atoms with E-state index in [1.807, 2.05) is 0 Å². The molecule has 1 aromatic carbocycles. The van der Waals surface area contributed by atoms with Crippen molar-refractivity contribution < 1.29 is 15.0 Å². The summed E-state index contributed by atoms with van der Waals surface area (Å²) in [5.74, 6) is -0.0752. The number of aldehydes is 1. The Balaban J connectivity index is 2.96. The van der Waals surface area contributed by atoms with Crippen LogP contribution in [-0.2, 0) is 0 Å². The van der Waals surface area contributed by atoms with Gasteiger partial charge in [-0.25, -0.2) is 0 Å². The van der Waals surface area contributed by atoms with Crippen LogP contribution in [0.1, 0.15) is 22.0 Å². The molecule has 0 bridgehead atoms. The predicted molar refractivity (Wildman–Crippen MR) is 58.5 cm³/mol. The maximum absolute atomic E-state index is 10.5. The molecule has 0 saturated carbocycles. The van der Waals surface area contributed by atoms with Gasteiger partial charge >= 0.3 is 0 Å². The molecule has 0 saturated heterocycles. The molecule has 2 unspecified atom stereocenters. The summed E-state index contributed by atoms with van der Waals surface area (Å²) in [4.78, 5) is 10.5. The number of rotatable bonds is 4. The summed E-state index contributed by atoms with van der Waals surface area (Å²) in [6.45, 7) is 0. The van der Waals surface area contributed by atoms with Gasteiger partial charge < -0.3 is 10.2 Å². The summed E-state index contributed by atoms with van der Waals surface area (Å²) < 4.78 is 0. The maximum atomic E-state index is 10.5. The fourth-order valence-corrected chi connectivity index (χ4v) is 1.53. The topological polar surface area (TPSA) is 57.5 Å². The average Bonchev–Trinajstić information content (AvgIpc) is 2.26. The van der Waals surface area contributed by atoms with Crippen molar-refractivity contribution >= 4 is 29.5 Å². The summed E-state index contributed by atoms with van der Waals surface area (Å²) in [6.07, 6.45) is -1.53. The first-order chi connectivity index (χ1) is 7.10. The normalized spacial score (nSPS) is 14.7. The van der Waals surface area contributed by atoms with Crippen LogP contribution in [0.3, 0.4) is 0 Å². The number of carbonyl (C=O) groups excluding carboxylic acids is 1. The molecule has 0 heterocycles. The molecule has 0 aliphatic heterocycles. The largest absolute Gasteiger partial charge is 0.389 e. The third-order valence-electron chi connectivity index (χ3n) is 2.02. The molecule has 5 heteroatoms. The van der Waals surface area contributed by atoms with Crippen molar-refractivity contribution in [2.24, 2.45) is 0 Å². The zero-order valence-corrected chi connectivity index (χ0v) is 9.24. The fraction of sp³-hybridized carbons (Fsp3) is 0.300. The van der Waals surface area contributed by atoms with E-state index in [9.17, 15) is 15.0 Å². The third-order valence-corrected chi connectivity index (χ3v) is 2.66. The molecule has 0 radical (unpaired) electrons. The first kappa shape index (κ1) is 12.5. The van der Waals surface area contributed by atoms with Crippen LogP contribution in [0.15, 0.2) is 18.2 Å². The van der Waals surface area contributed by atoms with Crippen molar-refractivity contribution in [1.82, 2.24) is 0 Å². The zero-order valence-electron chi connectivity index (χ0n) is 7.73. The fourth-order valence-electron chi connectivity index (χ4n) is 1.13. The predicted octanol–water partition coefficient (Wildman–Crippen LogP) is 1.79. The smallest absolute Gasteiger partial charge is 0.151 e. The molecule has 2 N–H and O–H groups in total. The van der Waals surface area contributed by atoms with Gasteiger partial charge in [0, 0.05) is 5.56 Å². The molecular formula is C10H10Cl2O3. The minimum absolute atomic E-state index is 0.0752. The molecule has 0 amide bonds. The number of alkyl halides is 1. The van der Waals surface area contributed by atoms with Gasteiger partial charge in [0.1, 0.15) is 6.10 Å². The van der Waals surface area contributed by atoms with Gasteiger partial charge in [0.05, 0.1) is 17.0 Å². The van der Waals surface area contributed by atoms with E-state index in [0.717, 1.165) is 0 Å². The molecule has 3 nitrogen and oxygen atoms in total. The van der Waals surface area contributed by atoms with Crippen molar-refractivity contribution in [1.29, 1.82) is 0 Å². The lowest BCUT2D eigenvalue weighted by Gasteiger charge is -2.16. The maximum Gasteiger partial charge on any atom is 0.151 e. The van der Waals surface area contributed by atoms with E-state index in [-0.39, 0.29) is 10.9 Å². The molecule has 82 valence electrons. The van der Waals surface area contributed by atoms with Gasteiger partial charge in [-0.1, -0.05) is 17.7 Å². The van der Waals surface area contributed by atoms with Gasteiger partial charge in [-0.3, -0.25) is 4.79 Å². The van der Waals surface area contributed by atoms with Crippen molar-refractivity contribution in [2.45, 2.75) is 12.2 Å². The molecule has 2 atom stereocenters. The Bertz CT molecular complexity index is 355. The highest BCUT2D eigenvalue weighted by Gasteiger charge is 2.17. The van der Waals surface area contributed by atoms with E-state index >= 15 is 0 Å². The first-order valence-corrected chi connectivity index (χ1v) is 5.18. The SMILES string of the molecule is O=Cc1ccc(C(O)C(O)CCl)cc1Cl. The summed E-state index contributed by atoms with van der Waals surface area (Å²) in [5.41, 5.74) is 0.770. The van der Waals surface area contributed by atoms with Gasteiger partial charge in [0.15, 0.2) is 6.29 Å². The second-order valence-electron chi connectivity index (χ2n) is 3.07.